The summed E-state index contributed by atoms with van der Waals surface area (Å²) in [5.41, 5.74) is 4.66. The summed E-state index contributed by atoms with van der Waals surface area (Å²) in [6, 6.07) is 11.6. The Balaban J connectivity index is 1.58. The van der Waals surface area contributed by atoms with Gasteiger partial charge in [-0.05, 0) is 36.8 Å². The molecule has 8 heteroatoms. The molecule has 0 aliphatic carbocycles. The Morgan fingerprint density at radius 2 is 1.89 bits per heavy atom. The zero-order valence-corrected chi connectivity index (χ0v) is 14.2. The topological polar surface area (TPSA) is 97.6 Å². The Morgan fingerprint density at radius 3 is 2.67 bits per heavy atom. The maximum Gasteiger partial charge on any atom is 0.336 e. The van der Waals surface area contributed by atoms with Gasteiger partial charge < -0.3 is 9.15 Å². The van der Waals surface area contributed by atoms with E-state index in [0.717, 1.165) is 17.0 Å². The van der Waals surface area contributed by atoms with Crippen LogP contribution in [0.3, 0.4) is 0 Å². The number of hydrogen-bond donors (Lipinski definition) is 2. The minimum absolute atomic E-state index is 0.196. The molecule has 0 saturated carbocycles. The third-order valence-corrected chi connectivity index (χ3v) is 3.73. The molecule has 0 aliphatic heterocycles. The predicted octanol–water partition coefficient (Wildman–Crippen LogP) is 2.08. The van der Waals surface area contributed by atoms with Crippen LogP contribution in [0.15, 0.2) is 57.7 Å². The minimum atomic E-state index is -0.788. The van der Waals surface area contributed by atoms with Gasteiger partial charge in [0.1, 0.15) is 17.1 Å². The average molecular weight is 370 g/mol. The molecular weight excluding hydrogens is 355 g/mol. The lowest BCUT2D eigenvalue weighted by molar-refractivity contribution is -0.123. The van der Waals surface area contributed by atoms with Crippen LogP contribution in [0.2, 0.25) is 0 Å². The zero-order chi connectivity index (χ0) is 19.4. The van der Waals surface area contributed by atoms with Gasteiger partial charge in [-0.15, -0.1) is 0 Å². The number of ether oxygens (including phenoxy) is 1. The Hall–Kier alpha value is -3.68. The summed E-state index contributed by atoms with van der Waals surface area (Å²) < 4.78 is 23.9. The Bertz CT molecular complexity index is 1080. The molecule has 0 saturated heterocycles. The first-order valence-electron chi connectivity index (χ1n) is 7.95. The van der Waals surface area contributed by atoms with Gasteiger partial charge in [-0.2, -0.15) is 0 Å². The molecule has 27 heavy (non-hydrogen) atoms. The molecule has 0 fully saturated rings. The quantitative estimate of drug-likeness (QED) is 0.541. The second-order valence-electron chi connectivity index (χ2n) is 5.68. The van der Waals surface area contributed by atoms with E-state index in [1.54, 1.807) is 19.1 Å². The molecule has 2 N–H and O–H groups in total. The van der Waals surface area contributed by atoms with Crippen LogP contribution in [0, 0.1) is 12.7 Å². The number of carbonyl (C=O) groups excluding carboxylic acids is 2. The van der Waals surface area contributed by atoms with Crippen LogP contribution in [0.5, 0.6) is 5.75 Å². The zero-order valence-electron chi connectivity index (χ0n) is 14.2. The van der Waals surface area contributed by atoms with Crippen molar-refractivity contribution in [2.75, 3.05) is 6.61 Å². The lowest BCUT2D eigenvalue weighted by Crippen LogP contribution is -2.44. The summed E-state index contributed by atoms with van der Waals surface area (Å²) in [7, 11) is 0. The Kier molecular flexibility index (Phi) is 5.16. The van der Waals surface area contributed by atoms with Crippen LogP contribution in [0.25, 0.3) is 11.0 Å². The first kappa shape index (κ1) is 18.1. The predicted molar refractivity (Wildman–Crippen MR) is 94.7 cm³/mol. The molecule has 1 heterocycles. The van der Waals surface area contributed by atoms with Crippen molar-refractivity contribution in [2.45, 2.75) is 6.92 Å². The Labute approximate surface area is 152 Å². The number of carbonyl (C=O) groups is 2. The van der Waals surface area contributed by atoms with Crippen LogP contribution in [0.1, 0.15) is 15.9 Å². The normalized spacial score (nSPS) is 10.4. The second-order valence-corrected chi connectivity index (χ2v) is 5.68. The van der Waals surface area contributed by atoms with Gasteiger partial charge in [0.05, 0.1) is 5.56 Å². The monoisotopic (exact) mass is 370 g/mol. The highest BCUT2D eigenvalue weighted by Crippen LogP contribution is 2.22. The summed E-state index contributed by atoms with van der Waals surface area (Å²) in [5, 5.41) is 0.753. The van der Waals surface area contributed by atoms with E-state index in [4.69, 9.17) is 9.15 Å². The van der Waals surface area contributed by atoms with Crippen molar-refractivity contribution in [3.05, 3.63) is 75.9 Å². The van der Waals surface area contributed by atoms with Gasteiger partial charge in [0, 0.05) is 17.5 Å². The molecule has 7 nitrogen and oxygen atoms in total. The molecule has 3 aromatic rings. The van der Waals surface area contributed by atoms with E-state index < -0.39 is 29.9 Å². The molecule has 0 bridgehead atoms. The number of rotatable bonds is 4. The van der Waals surface area contributed by atoms with E-state index >= 15 is 0 Å². The SMILES string of the molecule is Cc1cc(=O)oc2cc(OCC(=O)NNC(=O)c3ccccc3F)ccc12. The van der Waals surface area contributed by atoms with Crippen molar-refractivity contribution in [3.8, 4) is 5.75 Å². The summed E-state index contributed by atoms with van der Waals surface area (Å²) in [4.78, 5) is 35.0. The summed E-state index contributed by atoms with van der Waals surface area (Å²) in [5.74, 6) is -1.82. The van der Waals surface area contributed by atoms with Crippen molar-refractivity contribution >= 4 is 22.8 Å². The summed E-state index contributed by atoms with van der Waals surface area (Å²) in [6.45, 7) is 1.38. The highest BCUT2D eigenvalue weighted by molar-refractivity contribution is 5.95. The number of amides is 2. The van der Waals surface area contributed by atoms with Crippen molar-refractivity contribution < 1.29 is 23.1 Å². The van der Waals surface area contributed by atoms with Gasteiger partial charge >= 0.3 is 5.63 Å². The first-order chi connectivity index (χ1) is 12.9. The van der Waals surface area contributed by atoms with E-state index in [9.17, 15) is 18.8 Å². The molecule has 2 aromatic carbocycles. The van der Waals surface area contributed by atoms with Crippen LogP contribution < -0.4 is 21.2 Å². The Morgan fingerprint density at radius 1 is 1.11 bits per heavy atom. The van der Waals surface area contributed by atoms with Gasteiger partial charge in [0.25, 0.3) is 11.8 Å². The molecule has 1 aromatic heterocycles. The fourth-order valence-corrected chi connectivity index (χ4v) is 2.42. The maximum absolute atomic E-state index is 13.5. The summed E-state index contributed by atoms with van der Waals surface area (Å²) in [6.07, 6.45) is 0. The molecule has 138 valence electrons. The standard InChI is InChI=1S/C19H15FN2O5/c1-11-8-18(24)27-16-9-12(6-7-13(11)16)26-10-17(23)21-22-19(25)14-4-2-3-5-15(14)20/h2-9H,10H2,1H3,(H,21,23)(H,22,25). The van der Waals surface area contributed by atoms with Gasteiger partial charge in [0.2, 0.25) is 0 Å². The van der Waals surface area contributed by atoms with E-state index in [-0.39, 0.29) is 5.56 Å². The van der Waals surface area contributed by atoms with Gasteiger partial charge in [-0.25, -0.2) is 9.18 Å². The van der Waals surface area contributed by atoms with Gasteiger partial charge in [-0.3, -0.25) is 20.4 Å². The number of fused-ring (bicyclic) bond motifs is 1. The fraction of sp³-hybridized carbons (Fsp3) is 0.105. The number of benzene rings is 2. The van der Waals surface area contributed by atoms with E-state index in [1.807, 2.05) is 0 Å². The third kappa shape index (κ3) is 4.30. The fourth-order valence-electron chi connectivity index (χ4n) is 2.42. The molecule has 3 rings (SSSR count). The summed E-state index contributed by atoms with van der Waals surface area (Å²) >= 11 is 0. The van der Waals surface area contributed by atoms with Crippen molar-refractivity contribution in [3.63, 3.8) is 0 Å². The second kappa shape index (κ2) is 7.69. The van der Waals surface area contributed by atoms with Crippen LogP contribution in [-0.2, 0) is 4.79 Å². The van der Waals surface area contributed by atoms with Crippen molar-refractivity contribution in [1.82, 2.24) is 10.9 Å². The first-order valence-corrected chi connectivity index (χ1v) is 7.95. The van der Waals surface area contributed by atoms with Crippen molar-refractivity contribution in [1.29, 1.82) is 0 Å². The molecular formula is C19H15FN2O5. The minimum Gasteiger partial charge on any atom is -0.484 e. The number of nitrogens with one attached hydrogen (secondary N) is 2. The van der Waals surface area contributed by atoms with Crippen LogP contribution in [0.4, 0.5) is 4.39 Å². The maximum atomic E-state index is 13.5. The highest BCUT2D eigenvalue weighted by Gasteiger charge is 2.12. The van der Waals surface area contributed by atoms with Crippen LogP contribution in [-0.4, -0.2) is 18.4 Å². The lowest BCUT2D eigenvalue weighted by atomic mass is 10.1. The van der Waals surface area contributed by atoms with Crippen molar-refractivity contribution in [2.24, 2.45) is 0 Å². The third-order valence-electron chi connectivity index (χ3n) is 3.73. The van der Waals surface area contributed by atoms with Gasteiger partial charge in [-0.1, -0.05) is 12.1 Å². The lowest BCUT2D eigenvalue weighted by Gasteiger charge is -2.10. The van der Waals surface area contributed by atoms with E-state index in [2.05, 4.69) is 10.9 Å². The largest absolute Gasteiger partial charge is 0.484 e. The highest BCUT2D eigenvalue weighted by atomic mass is 19.1. The number of aryl methyl sites for hydroxylation is 1. The molecule has 0 spiro atoms. The smallest absolute Gasteiger partial charge is 0.336 e. The number of hydrazine groups is 1. The molecule has 0 unspecified atom stereocenters. The van der Waals surface area contributed by atoms with Gasteiger partial charge in [0.15, 0.2) is 6.61 Å². The molecule has 0 aliphatic rings. The molecule has 0 atom stereocenters. The van der Waals surface area contributed by atoms with Crippen LogP contribution >= 0.6 is 0 Å². The molecule has 0 radical (unpaired) electrons. The van der Waals surface area contributed by atoms with E-state index in [0.29, 0.717) is 11.3 Å². The average Bonchev–Trinajstić information content (AvgIpc) is 2.64. The van der Waals surface area contributed by atoms with E-state index in [1.165, 1.54) is 30.3 Å². The number of halogens is 1. The molecule has 2 amide bonds. The number of hydrogen-bond acceptors (Lipinski definition) is 5.